The number of piperidine rings is 1. The Morgan fingerprint density at radius 1 is 1.18 bits per heavy atom. The van der Waals surface area contributed by atoms with Crippen molar-refractivity contribution in [2.75, 3.05) is 31.6 Å². The molecule has 2 amide bonds. The molecule has 1 aliphatic rings. The average Bonchev–Trinajstić information content (AvgIpc) is 3.26. The molecule has 1 saturated heterocycles. The van der Waals surface area contributed by atoms with Crippen molar-refractivity contribution in [3.05, 3.63) is 52.8 Å². The van der Waals surface area contributed by atoms with Gasteiger partial charge in [0.1, 0.15) is 19.0 Å². The van der Waals surface area contributed by atoms with Crippen LogP contribution in [0.4, 0.5) is 5.82 Å². The van der Waals surface area contributed by atoms with Gasteiger partial charge in [-0.05, 0) is 57.0 Å². The van der Waals surface area contributed by atoms with E-state index in [1.807, 2.05) is 0 Å². The predicted molar refractivity (Wildman–Crippen MR) is 142 cm³/mol. The van der Waals surface area contributed by atoms with Gasteiger partial charge in [-0.1, -0.05) is 11.6 Å². The lowest BCUT2D eigenvalue weighted by Gasteiger charge is -2.34. The molecule has 0 saturated carbocycles. The van der Waals surface area contributed by atoms with E-state index in [-0.39, 0.29) is 43.0 Å². The van der Waals surface area contributed by atoms with Crippen LogP contribution in [0.2, 0.25) is 5.02 Å². The molecule has 0 spiro atoms. The molecule has 1 aromatic carbocycles. The maximum Gasteiger partial charge on any atom is 0.338 e. The number of anilines is 1. The molecule has 1 fully saturated rings. The number of nitrogens with zero attached hydrogens (tertiary/aromatic N) is 4. The van der Waals surface area contributed by atoms with Gasteiger partial charge in [-0.2, -0.15) is 5.10 Å². The van der Waals surface area contributed by atoms with Crippen molar-refractivity contribution in [2.45, 2.75) is 45.3 Å². The summed E-state index contributed by atoms with van der Waals surface area (Å²) >= 11 is 5.85. The van der Waals surface area contributed by atoms with E-state index in [0.717, 1.165) is 25.9 Å². The molecule has 11 nitrogen and oxygen atoms in total. The van der Waals surface area contributed by atoms with Crippen LogP contribution in [-0.2, 0) is 16.1 Å². The molecule has 12 heteroatoms. The largest absolute Gasteiger partial charge is 0.460 e. The number of nitrogens with one attached hydrogen (secondary N) is 2. The summed E-state index contributed by atoms with van der Waals surface area (Å²) in [4.78, 5) is 44.9. The van der Waals surface area contributed by atoms with Crippen molar-refractivity contribution >= 4 is 46.1 Å². The van der Waals surface area contributed by atoms with Crippen LogP contribution in [0.5, 0.6) is 0 Å². The number of hydrogen-bond donors (Lipinski definition) is 3. The molecule has 3 heterocycles. The fourth-order valence-corrected chi connectivity index (χ4v) is 4.51. The van der Waals surface area contributed by atoms with Gasteiger partial charge < -0.3 is 25.4 Å². The number of aromatic nitrogens is 3. The van der Waals surface area contributed by atoms with Crippen molar-refractivity contribution in [3.8, 4) is 0 Å². The van der Waals surface area contributed by atoms with Crippen LogP contribution < -0.4 is 10.6 Å². The first kappa shape index (κ1) is 27.5. The number of fused-ring (bicyclic) bond motifs is 1. The summed E-state index contributed by atoms with van der Waals surface area (Å²) < 4.78 is 6.44. The number of carbonyl (C=O) groups excluding carboxylic acids is 3. The number of ether oxygens (including phenoxy) is 1. The predicted octanol–water partition coefficient (Wildman–Crippen LogP) is 2.48. The lowest BCUT2D eigenvalue weighted by Crippen LogP contribution is -2.46. The summed E-state index contributed by atoms with van der Waals surface area (Å²) in [5.74, 6) is -1.08. The quantitative estimate of drug-likeness (QED) is 0.350. The molecule has 0 aliphatic carbocycles. The first-order valence-corrected chi connectivity index (χ1v) is 12.9. The Bertz CT molecular complexity index is 1300. The van der Waals surface area contributed by atoms with Gasteiger partial charge in [-0.15, -0.1) is 0 Å². The highest BCUT2D eigenvalue weighted by Crippen LogP contribution is 2.23. The van der Waals surface area contributed by atoms with E-state index in [4.69, 9.17) is 21.4 Å². The molecule has 0 radical (unpaired) electrons. The molecule has 202 valence electrons. The zero-order valence-electron chi connectivity index (χ0n) is 21.3. The second-order valence-electron chi connectivity index (χ2n) is 9.38. The maximum absolute atomic E-state index is 13.3. The molecule has 2 aromatic heterocycles. The first-order valence-electron chi connectivity index (χ1n) is 12.5. The highest BCUT2D eigenvalue weighted by atomic mass is 35.5. The van der Waals surface area contributed by atoms with Crippen LogP contribution in [0.25, 0.3) is 10.9 Å². The zero-order chi connectivity index (χ0) is 27.2. The summed E-state index contributed by atoms with van der Waals surface area (Å²) in [5.41, 5.74) is 0.822. The van der Waals surface area contributed by atoms with Crippen LogP contribution in [0.15, 0.2) is 36.5 Å². The third kappa shape index (κ3) is 6.66. The molecule has 0 unspecified atom stereocenters. The zero-order valence-corrected chi connectivity index (χ0v) is 22.1. The number of aliphatic hydroxyl groups excluding tert-OH is 1. The third-order valence-electron chi connectivity index (χ3n) is 6.41. The number of aliphatic hydroxyl groups is 1. The molecular weight excluding hydrogens is 512 g/mol. The van der Waals surface area contributed by atoms with Crippen molar-refractivity contribution in [1.29, 1.82) is 0 Å². The summed E-state index contributed by atoms with van der Waals surface area (Å²) in [6.45, 7) is 5.45. The van der Waals surface area contributed by atoms with E-state index in [2.05, 4.69) is 39.5 Å². The van der Waals surface area contributed by atoms with Crippen LogP contribution >= 0.6 is 11.6 Å². The Labute approximate surface area is 225 Å². The minimum absolute atomic E-state index is 0.00493. The highest BCUT2D eigenvalue weighted by molar-refractivity contribution is 6.30. The number of halogens is 1. The van der Waals surface area contributed by atoms with Crippen molar-refractivity contribution < 1.29 is 24.2 Å². The van der Waals surface area contributed by atoms with Gasteiger partial charge in [0.15, 0.2) is 5.69 Å². The van der Waals surface area contributed by atoms with E-state index in [1.165, 1.54) is 23.0 Å². The SMILES string of the molecule is CC(C)N1CCC(NC(=O)c2nn(CC(=O)Nc3ccc(Cl)cn3)c3ccc(C(=O)OCCO)cc23)CC1. The van der Waals surface area contributed by atoms with Crippen LogP contribution in [0.1, 0.15) is 47.5 Å². The number of carbonyl (C=O) groups is 3. The maximum atomic E-state index is 13.3. The van der Waals surface area contributed by atoms with Gasteiger partial charge in [-0.3, -0.25) is 14.3 Å². The number of hydrogen-bond acceptors (Lipinski definition) is 8. The number of amides is 2. The smallest absolute Gasteiger partial charge is 0.338 e. The van der Waals surface area contributed by atoms with Gasteiger partial charge >= 0.3 is 5.97 Å². The van der Waals surface area contributed by atoms with Crippen molar-refractivity contribution in [2.24, 2.45) is 0 Å². The number of pyridine rings is 1. The third-order valence-corrected chi connectivity index (χ3v) is 6.63. The summed E-state index contributed by atoms with van der Waals surface area (Å²) in [6, 6.07) is 8.30. The second-order valence-corrected chi connectivity index (χ2v) is 9.82. The van der Waals surface area contributed by atoms with E-state index in [1.54, 1.807) is 18.2 Å². The first-order chi connectivity index (χ1) is 18.2. The van der Waals surface area contributed by atoms with Gasteiger partial charge in [-0.25, -0.2) is 9.78 Å². The van der Waals surface area contributed by atoms with E-state index < -0.39 is 11.9 Å². The van der Waals surface area contributed by atoms with E-state index >= 15 is 0 Å². The van der Waals surface area contributed by atoms with Crippen LogP contribution in [0.3, 0.4) is 0 Å². The molecule has 38 heavy (non-hydrogen) atoms. The van der Waals surface area contributed by atoms with Crippen molar-refractivity contribution in [3.63, 3.8) is 0 Å². The number of rotatable bonds is 9. The fourth-order valence-electron chi connectivity index (χ4n) is 4.40. The minimum atomic E-state index is -0.632. The molecular formula is C26H31ClN6O5. The van der Waals surface area contributed by atoms with Crippen molar-refractivity contribution in [1.82, 2.24) is 25.0 Å². The normalized spacial score (nSPS) is 14.6. The Kier molecular flexibility index (Phi) is 8.93. The monoisotopic (exact) mass is 542 g/mol. The Hall–Kier alpha value is -3.54. The van der Waals surface area contributed by atoms with Gasteiger partial charge in [0.2, 0.25) is 5.91 Å². The molecule has 1 aliphatic heterocycles. The Morgan fingerprint density at radius 2 is 1.95 bits per heavy atom. The topological polar surface area (TPSA) is 139 Å². The lowest BCUT2D eigenvalue weighted by atomic mass is 10.0. The Morgan fingerprint density at radius 3 is 2.61 bits per heavy atom. The Balaban J connectivity index is 1.58. The molecule has 0 bridgehead atoms. The van der Waals surface area contributed by atoms with E-state index in [9.17, 15) is 14.4 Å². The number of likely N-dealkylation sites (tertiary alicyclic amines) is 1. The molecule has 4 rings (SSSR count). The molecule has 0 atom stereocenters. The van der Waals surface area contributed by atoms with Gasteiger partial charge in [0, 0.05) is 36.8 Å². The van der Waals surface area contributed by atoms with Gasteiger partial charge in [0.25, 0.3) is 5.91 Å². The number of esters is 1. The highest BCUT2D eigenvalue weighted by Gasteiger charge is 2.26. The average molecular weight is 543 g/mol. The lowest BCUT2D eigenvalue weighted by molar-refractivity contribution is -0.116. The van der Waals surface area contributed by atoms with E-state index in [0.29, 0.717) is 27.8 Å². The summed E-state index contributed by atoms with van der Waals surface area (Å²) in [5, 5.41) is 20.0. The second kappa shape index (κ2) is 12.3. The number of benzene rings is 1. The molecule has 3 aromatic rings. The standard InChI is InChI=1S/C26H31ClN6O5/c1-16(2)32-9-7-19(8-10-32)29-25(36)24-20-13-17(26(37)38-12-11-34)3-5-21(20)33(31-24)15-23(35)30-22-6-4-18(27)14-28-22/h3-6,13-14,16,19,34H,7-12,15H2,1-2H3,(H,29,36)(H,28,30,35). The summed E-state index contributed by atoms with van der Waals surface area (Å²) in [6.07, 6.45) is 3.06. The summed E-state index contributed by atoms with van der Waals surface area (Å²) in [7, 11) is 0. The molecule has 3 N–H and O–H groups in total. The fraction of sp³-hybridized carbons (Fsp3) is 0.423. The minimum Gasteiger partial charge on any atom is -0.460 e. The van der Waals surface area contributed by atoms with Gasteiger partial charge in [0.05, 0.1) is 22.7 Å². The van der Waals surface area contributed by atoms with Crippen LogP contribution in [0, 0.1) is 0 Å². The van der Waals surface area contributed by atoms with Crippen LogP contribution in [-0.4, -0.2) is 80.9 Å².